The summed E-state index contributed by atoms with van der Waals surface area (Å²) in [5.74, 6) is 11.3. The van der Waals surface area contributed by atoms with Gasteiger partial charge in [0.25, 0.3) is 0 Å². The molecule has 0 bridgehead atoms. The van der Waals surface area contributed by atoms with Crippen LogP contribution in [0, 0.1) is 23.7 Å². The molecule has 0 fully saturated rings. The first kappa shape index (κ1) is 17.8. The van der Waals surface area contributed by atoms with Crippen molar-refractivity contribution in [2.75, 3.05) is 19.9 Å². The molecule has 4 heteroatoms. The summed E-state index contributed by atoms with van der Waals surface area (Å²) in [5.41, 5.74) is 0. The van der Waals surface area contributed by atoms with E-state index in [1.54, 1.807) is 12.2 Å². The highest BCUT2D eigenvalue weighted by Crippen LogP contribution is 2.43. The molecule has 0 saturated heterocycles. The van der Waals surface area contributed by atoms with E-state index in [1.807, 2.05) is 0 Å². The Labute approximate surface area is 116 Å². The molecule has 0 unspecified atom stereocenters. The van der Waals surface area contributed by atoms with E-state index < -0.39 is 7.60 Å². The molecule has 0 aromatic heterocycles. The summed E-state index contributed by atoms with van der Waals surface area (Å²) in [6.45, 7) is 8.82. The van der Waals surface area contributed by atoms with Crippen LogP contribution in [0.5, 0.6) is 0 Å². The normalized spacial score (nSPS) is 9.74. The first-order valence-corrected chi connectivity index (χ1v) is 8.11. The third-order valence-electron chi connectivity index (χ3n) is 1.94. The maximum absolute atomic E-state index is 11.8. The van der Waals surface area contributed by atoms with Gasteiger partial charge in [-0.25, -0.2) is 0 Å². The molecular formula is C15H21O3P. The molecule has 0 aromatic carbocycles. The van der Waals surface area contributed by atoms with Gasteiger partial charge in [-0.15, -0.1) is 25.0 Å². The average Bonchev–Trinajstić information content (AvgIpc) is 2.38. The second-order valence-electron chi connectivity index (χ2n) is 3.68. The third kappa shape index (κ3) is 13.0. The Morgan fingerprint density at radius 2 is 1.37 bits per heavy atom. The maximum atomic E-state index is 11.8. The molecule has 0 heterocycles. The molecule has 0 amide bonds. The molecule has 0 radical (unpaired) electrons. The predicted molar refractivity (Wildman–Crippen MR) is 79.8 cm³/mol. The first-order chi connectivity index (χ1) is 9.12. The van der Waals surface area contributed by atoms with Crippen LogP contribution in [0.25, 0.3) is 0 Å². The van der Waals surface area contributed by atoms with Crippen LogP contribution in [-0.4, -0.2) is 19.9 Å². The molecule has 0 N–H and O–H groups in total. The van der Waals surface area contributed by atoms with Crippen molar-refractivity contribution < 1.29 is 13.6 Å². The summed E-state index contributed by atoms with van der Waals surface area (Å²) in [4.78, 5) is 0. The van der Waals surface area contributed by atoms with Gasteiger partial charge in [-0.2, -0.15) is 0 Å². The van der Waals surface area contributed by atoms with Crippen LogP contribution in [-0.2, 0) is 13.6 Å². The van der Waals surface area contributed by atoms with Gasteiger partial charge in [-0.05, 0) is 12.8 Å². The Kier molecular flexibility index (Phi) is 11.0. The smallest absolute Gasteiger partial charge is 0.296 e. The van der Waals surface area contributed by atoms with E-state index >= 15 is 0 Å². The second-order valence-corrected chi connectivity index (χ2v) is 5.74. The highest BCUT2D eigenvalue weighted by molar-refractivity contribution is 7.52. The van der Waals surface area contributed by atoms with Gasteiger partial charge in [-0.3, -0.25) is 13.6 Å². The quantitative estimate of drug-likeness (QED) is 0.294. The monoisotopic (exact) mass is 280 g/mol. The maximum Gasteiger partial charge on any atom is 0.329 e. The van der Waals surface area contributed by atoms with Crippen LogP contribution in [0.1, 0.15) is 25.7 Å². The molecule has 0 aliphatic rings. The molecule has 0 aromatic rings. The topological polar surface area (TPSA) is 35.5 Å². The summed E-state index contributed by atoms with van der Waals surface area (Å²) in [5, 5.41) is 0. The van der Waals surface area contributed by atoms with Gasteiger partial charge in [0.15, 0.2) is 0 Å². The first-order valence-electron chi connectivity index (χ1n) is 6.12. The van der Waals surface area contributed by atoms with Gasteiger partial charge in [-0.1, -0.05) is 24.0 Å². The fourth-order valence-electron chi connectivity index (χ4n) is 0.964. The molecule has 0 aliphatic carbocycles. The van der Waals surface area contributed by atoms with Crippen LogP contribution in [0.4, 0.5) is 0 Å². The minimum absolute atomic E-state index is 0.106. The molecule has 0 rings (SSSR count). The lowest BCUT2D eigenvalue weighted by atomic mass is 10.3. The van der Waals surface area contributed by atoms with Crippen LogP contribution >= 0.6 is 7.60 Å². The molecule has 104 valence electrons. The molecule has 0 atom stereocenters. The van der Waals surface area contributed by atoms with E-state index in [2.05, 4.69) is 36.8 Å². The Hall–Kier alpha value is -1.25. The highest BCUT2D eigenvalue weighted by Gasteiger charge is 2.14. The summed E-state index contributed by atoms with van der Waals surface area (Å²) in [6, 6.07) is 0. The van der Waals surface area contributed by atoms with E-state index in [9.17, 15) is 4.57 Å². The minimum Gasteiger partial charge on any atom is -0.296 e. The van der Waals surface area contributed by atoms with Crippen LogP contribution in [0.2, 0.25) is 0 Å². The number of hydrogen-bond donors (Lipinski definition) is 0. The molecule has 0 aliphatic heterocycles. The zero-order valence-electron chi connectivity index (χ0n) is 11.5. The number of allylic oxidation sites excluding steroid dienone is 2. The van der Waals surface area contributed by atoms with Crippen molar-refractivity contribution in [3.8, 4) is 23.7 Å². The number of hydrogen-bond acceptors (Lipinski definition) is 3. The third-order valence-corrected chi connectivity index (χ3v) is 3.14. The van der Waals surface area contributed by atoms with Crippen molar-refractivity contribution in [3.05, 3.63) is 25.3 Å². The van der Waals surface area contributed by atoms with Crippen molar-refractivity contribution in [2.45, 2.75) is 25.7 Å². The lowest BCUT2D eigenvalue weighted by molar-refractivity contribution is 0.248. The lowest BCUT2D eigenvalue weighted by Crippen LogP contribution is -1.95. The Morgan fingerprint density at radius 3 is 1.74 bits per heavy atom. The molecular weight excluding hydrogens is 259 g/mol. The SMILES string of the molecule is C=CCCC#CCOP(C)(=O)OCC#CCCC=C. The lowest BCUT2D eigenvalue weighted by Gasteiger charge is -2.09. The fourth-order valence-corrected chi connectivity index (χ4v) is 1.64. The standard InChI is InChI=1S/C15H21O3P/c1-4-6-8-10-12-14-17-19(3,16)18-15-13-11-9-7-5-2/h4-5H,1-2,6-9,14-15H2,3H3. The average molecular weight is 280 g/mol. The van der Waals surface area contributed by atoms with Crippen molar-refractivity contribution in [1.82, 2.24) is 0 Å². The van der Waals surface area contributed by atoms with Crippen molar-refractivity contribution in [3.63, 3.8) is 0 Å². The number of rotatable bonds is 8. The second kappa shape index (κ2) is 11.8. The van der Waals surface area contributed by atoms with E-state index in [0.717, 1.165) is 25.7 Å². The highest BCUT2D eigenvalue weighted by atomic mass is 31.2. The largest absolute Gasteiger partial charge is 0.329 e. The van der Waals surface area contributed by atoms with Gasteiger partial charge in [0.2, 0.25) is 0 Å². The van der Waals surface area contributed by atoms with Crippen molar-refractivity contribution in [2.24, 2.45) is 0 Å². The van der Waals surface area contributed by atoms with Gasteiger partial charge in [0.1, 0.15) is 13.2 Å². The molecule has 0 spiro atoms. The van der Waals surface area contributed by atoms with Crippen LogP contribution < -0.4 is 0 Å². The van der Waals surface area contributed by atoms with Crippen LogP contribution in [0.15, 0.2) is 25.3 Å². The summed E-state index contributed by atoms with van der Waals surface area (Å²) < 4.78 is 22.0. The summed E-state index contributed by atoms with van der Waals surface area (Å²) in [6.07, 6.45) is 6.75. The molecule has 3 nitrogen and oxygen atoms in total. The van der Waals surface area contributed by atoms with Gasteiger partial charge < -0.3 is 0 Å². The van der Waals surface area contributed by atoms with Gasteiger partial charge in [0, 0.05) is 19.5 Å². The fraction of sp³-hybridized carbons (Fsp3) is 0.467. The molecule has 19 heavy (non-hydrogen) atoms. The minimum atomic E-state index is -3.05. The van der Waals surface area contributed by atoms with Gasteiger partial charge >= 0.3 is 7.60 Å². The van der Waals surface area contributed by atoms with Gasteiger partial charge in [0.05, 0.1) is 0 Å². The predicted octanol–water partition coefficient (Wildman–Crippen LogP) is 3.78. The van der Waals surface area contributed by atoms with E-state index in [-0.39, 0.29) is 13.2 Å². The Bertz CT molecular complexity index is 394. The van der Waals surface area contributed by atoms with E-state index in [1.165, 1.54) is 6.66 Å². The van der Waals surface area contributed by atoms with E-state index in [4.69, 9.17) is 9.05 Å². The van der Waals surface area contributed by atoms with Crippen molar-refractivity contribution >= 4 is 7.60 Å². The Morgan fingerprint density at radius 1 is 0.947 bits per heavy atom. The summed E-state index contributed by atoms with van der Waals surface area (Å²) in [7, 11) is -3.05. The Balaban J connectivity index is 3.80. The number of unbranched alkanes of at least 4 members (excludes halogenated alkanes) is 2. The molecule has 0 saturated carbocycles. The van der Waals surface area contributed by atoms with Crippen LogP contribution in [0.3, 0.4) is 0 Å². The zero-order valence-corrected chi connectivity index (χ0v) is 12.4. The summed E-state index contributed by atoms with van der Waals surface area (Å²) >= 11 is 0. The van der Waals surface area contributed by atoms with E-state index in [0.29, 0.717) is 0 Å². The van der Waals surface area contributed by atoms with Crippen molar-refractivity contribution in [1.29, 1.82) is 0 Å². The zero-order chi connectivity index (χ0) is 14.4.